The Morgan fingerprint density at radius 2 is 0.604 bits per heavy atom. The largest absolute Gasteiger partial charge is 0.850 e. The van der Waals surface area contributed by atoms with Gasteiger partial charge in [0, 0.05) is 0 Å². The summed E-state index contributed by atoms with van der Waals surface area (Å²) in [5.41, 5.74) is 1.06. The summed E-state index contributed by atoms with van der Waals surface area (Å²) in [6, 6.07) is 26.7. The van der Waals surface area contributed by atoms with Gasteiger partial charge in [0.1, 0.15) is 0 Å². The van der Waals surface area contributed by atoms with Crippen molar-refractivity contribution in [3.8, 4) is 0 Å². The second-order valence-corrected chi connectivity index (χ2v) is 23.6. The third-order valence-corrected chi connectivity index (χ3v) is 13.8. The van der Waals surface area contributed by atoms with Gasteiger partial charge in [-0.25, -0.2) is 0 Å². The molecule has 0 spiro atoms. The summed E-state index contributed by atoms with van der Waals surface area (Å²) in [6.07, 6.45) is 33.5. The SMILES string of the molecule is CCCCCCCCCc1cccc[c]1[Zn+].CCCCCCCCCc1cccc[c]1[Zn+].CCCCCCCCCc1cccc[c]1[Zn+].[O-]P([O-])(=S)[S-]. The van der Waals surface area contributed by atoms with Crippen molar-refractivity contribution in [2.24, 2.45) is 0 Å². The van der Waals surface area contributed by atoms with Crippen LogP contribution in [-0.4, -0.2) is 0 Å². The summed E-state index contributed by atoms with van der Waals surface area (Å²) >= 11 is 11.2. The second-order valence-electron chi connectivity index (χ2n) is 14.4. The van der Waals surface area contributed by atoms with E-state index in [4.69, 9.17) is 0 Å². The third kappa shape index (κ3) is 36.5. The predicted octanol–water partition coefficient (Wildman–Crippen LogP) is 10.9. The van der Waals surface area contributed by atoms with Crippen molar-refractivity contribution in [2.45, 2.75) is 175 Å². The predicted molar refractivity (Wildman–Crippen MR) is 225 cm³/mol. The molecular weight excluding hydrogens is 864 g/mol. The van der Waals surface area contributed by atoms with E-state index < -0.39 is 5.69 Å². The van der Waals surface area contributed by atoms with E-state index in [1.165, 1.54) is 209 Å². The van der Waals surface area contributed by atoms with Crippen LogP contribution >= 0.6 is 5.69 Å². The number of aryl methyl sites for hydroxylation is 3. The molecule has 0 N–H and O–H groups in total. The Morgan fingerprint density at radius 3 is 0.811 bits per heavy atom. The summed E-state index contributed by atoms with van der Waals surface area (Å²) in [5, 5.41) is 0. The summed E-state index contributed by atoms with van der Waals surface area (Å²) in [6.45, 7) is 6.84. The van der Waals surface area contributed by atoms with E-state index >= 15 is 0 Å². The molecule has 284 valence electrons. The van der Waals surface area contributed by atoms with Crippen LogP contribution in [0.3, 0.4) is 0 Å². The van der Waals surface area contributed by atoms with E-state index in [9.17, 15) is 9.79 Å². The molecule has 0 aromatic heterocycles. The molecule has 0 fully saturated rings. The monoisotopic (exact) mass is 928 g/mol. The van der Waals surface area contributed by atoms with E-state index in [1.54, 1.807) is 29.2 Å². The van der Waals surface area contributed by atoms with Gasteiger partial charge in [0.25, 0.3) is 0 Å². The van der Waals surface area contributed by atoms with Crippen molar-refractivity contribution in [2.75, 3.05) is 0 Å². The minimum absolute atomic E-state index is 1.30. The molecule has 0 saturated heterocycles. The Kier molecular flexibility index (Phi) is 38.3. The first kappa shape index (κ1) is 53.5. The molecule has 3 aromatic rings. The van der Waals surface area contributed by atoms with Crippen molar-refractivity contribution < 1.29 is 64.7 Å². The summed E-state index contributed by atoms with van der Waals surface area (Å²) in [4.78, 5) is 18.6. The van der Waals surface area contributed by atoms with Gasteiger partial charge in [0.15, 0.2) is 0 Å². The molecule has 0 aliphatic carbocycles. The molecule has 3 aromatic carbocycles. The van der Waals surface area contributed by atoms with Crippen LogP contribution in [0.15, 0.2) is 72.8 Å². The molecule has 53 heavy (non-hydrogen) atoms. The Balaban J connectivity index is 0.000000718. The zero-order valence-electron chi connectivity index (χ0n) is 34.1. The maximum absolute atomic E-state index is 9.29. The van der Waals surface area contributed by atoms with Gasteiger partial charge in [0.2, 0.25) is 0 Å². The number of hydrogen-bond donors (Lipinski definition) is 0. The molecule has 8 heteroatoms. The molecule has 0 unspecified atom stereocenters. The van der Waals surface area contributed by atoms with Crippen LogP contribution in [0.1, 0.15) is 172 Å². The summed E-state index contributed by atoms with van der Waals surface area (Å²) in [5.74, 6) is 0. The Hall–Kier alpha value is 0.450. The van der Waals surface area contributed by atoms with Crippen molar-refractivity contribution in [3.63, 3.8) is 0 Å². The molecule has 3 rings (SSSR count). The maximum atomic E-state index is 9.29. The van der Waals surface area contributed by atoms with Crippen LogP contribution < -0.4 is 22.3 Å². The van der Waals surface area contributed by atoms with E-state index in [1.807, 2.05) is 0 Å². The third-order valence-electron chi connectivity index (χ3n) is 9.50. The molecule has 0 bridgehead atoms. The second kappa shape index (κ2) is 38.0. The molecular formula is C45H69O2PS2Zn3. The Morgan fingerprint density at radius 1 is 0.415 bits per heavy atom. The number of unbranched alkanes of at least 4 members (excludes halogenated alkanes) is 18. The van der Waals surface area contributed by atoms with E-state index in [0.717, 1.165) is 0 Å². The fourth-order valence-electron chi connectivity index (χ4n) is 6.22. The number of hydrogen-bond acceptors (Lipinski definition) is 4. The van der Waals surface area contributed by atoms with Gasteiger partial charge < -0.3 is 27.7 Å². The smallest absolute Gasteiger partial charge is 0.160 e. The topological polar surface area (TPSA) is 46.1 Å². The molecule has 0 atom stereocenters. The van der Waals surface area contributed by atoms with Gasteiger partial charge in [-0.2, -0.15) is 11.8 Å². The molecule has 0 aliphatic heterocycles. The van der Waals surface area contributed by atoms with Crippen LogP contribution in [0.2, 0.25) is 0 Å². The van der Waals surface area contributed by atoms with Crippen LogP contribution in [-0.2, 0) is 98.2 Å². The summed E-state index contributed by atoms with van der Waals surface area (Å²) in [7, 11) is 0. The van der Waals surface area contributed by atoms with Gasteiger partial charge in [-0.05, 0) is 0 Å². The van der Waals surface area contributed by atoms with Crippen molar-refractivity contribution in [1.29, 1.82) is 0 Å². The maximum Gasteiger partial charge on any atom is -0.160 e. The van der Waals surface area contributed by atoms with E-state index in [0.29, 0.717) is 0 Å². The fraction of sp³-hybridized carbons (Fsp3) is 0.600. The molecule has 0 aliphatic rings. The van der Waals surface area contributed by atoms with E-state index in [-0.39, 0.29) is 0 Å². The van der Waals surface area contributed by atoms with Gasteiger partial charge in [0.05, 0.1) is 0 Å². The molecule has 0 amide bonds. The first-order chi connectivity index (χ1) is 25.5. The molecule has 0 radical (unpaired) electrons. The zero-order valence-corrected chi connectivity index (χ0v) is 45.5. The fourth-order valence-corrected chi connectivity index (χ4v) is 8.93. The van der Waals surface area contributed by atoms with E-state index in [2.05, 4.69) is 118 Å². The average molecular weight is 933 g/mol. The molecule has 2 nitrogen and oxygen atoms in total. The Labute approximate surface area is 368 Å². The normalized spacial score (nSPS) is 10.8. The van der Waals surface area contributed by atoms with Crippen LogP contribution in [0.25, 0.3) is 0 Å². The van der Waals surface area contributed by atoms with Gasteiger partial charge in [-0.3, -0.25) is 0 Å². The first-order valence-electron chi connectivity index (χ1n) is 21.0. The average Bonchev–Trinajstić information content (AvgIpc) is 3.12. The van der Waals surface area contributed by atoms with Crippen molar-refractivity contribution in [1.82, 2.24) is 0 Å². The van der Waals surface area contributed by atoms with Crippen LogP contribution in [0.5, 0.6) is 0 Å². The minimum Gasteiger partial charge on any atom is -0.850 e. The number of rotatable bonds is 24. The Bertz CT molecular complexity index is 1150. The first-order valence-corrected chi connectivity index (χ1v) is 29.1. The standard InChI is InChI=1S/3C15H23.H3O2PS2.3Zn/c3*1-2-3-4-5-6-7-9-12-15-13-10-8-11-14-15;1-3(2,4)5;;;/h3*8,10-11,13H,2-7,9,12H2,1H3;(H3,1,2,4,5);;;/q;;;;3*+1/p-3. The molecule has 0 saturated carbocycles. The molecule has 0 heterocycles. The number of benzene rings is 3. The minimum atomic E-state index is -3.72. The van der Waals surface area contributed by atoms with Crippen molar-refractivity contribution in [3.05, 3.63) is 89.5 Å². The van der Waals surface area contributed by atoms with Crippen molar-refractivity contribution >= 4 is 42.2 Å². The van der Waals surface area contributed by atoms with Crippen LogP contribution in [0, 0.1) is 0 Å². The van der Waals surface area contributed by atoms with Crippen LogP contribution in [0.4, 0.5) is 0 Å². The van der Waals surface area contributed by atoms with Gasteiger partial charge in [-0.1, -0.05) is 0 Å². The zero-order chi connectivity index (χ0) is 39.4. The quantitative estimate of drug-likeness (QED) is 0.0389. The van der Waals surface area contributed by atoms with Gasteiger partial charge >= 0.3 is 332 Å². The van der Waals surface area contributed by atoms with Gasteiger partial charge in [-0.15, -0.1) is 0 Å². The summed E-state index contributed by atoms with van der Waals surface area (Å²) < 4.78 is 4.73.